The Kier molecular flexibility index (Phi) is 6.42. The molecule has 0 bridgehead atoms. The van der Waals surface area contributed by atoms with Gasteiger partial charge in [0.2, 0.25) is 5.91 Å². The van der Waals surface area contributed by atoms with Gasteiger partial charge in [0.25, 0.3) is 0 Å². The van der Waals surface area contributed by atoms with E-state index in [-0.39, 0.29) is 11.5 Å². The number of carbonyl (C=O) groups is 1. The fourth-order valence-electron chi connectivity index (χ4n) is 5.17. The van der Waals surface area contributed by atoms with Crippen LogP contribution in [0.2, 0.25) is 0 Å². The Labute approximate surface area is 177 Å². The molecule has 0 radical (unpaired) electrons. The molecular formula is C24H32N2O4. The third-order valence-electron chi connectivity index (χ3n) is 6.76. The normalized spacial score (nSPS) is 21.9. The fraction of sp³-hybridized carbons (Fsp3) is 0.583. The molecular weight excluding hydrogens is 380 g/mol. The van der Waals surface area contributed by atoms with E-state index >= 15 is 0 Å². The summed E-state index contributed by atoms with van der Waals surface area (Å²) in [6.45, 7) is 5.10. The second kappa shape index (κ2) is 9.21. The molecule has 0 spiro atoms. The topological polar surface area (TPSA) is 71.8 Å². The van der Waals surface area contributed by atoms with Crippen LogP contribution in [-0.2, 0) is 11.2 Å². The molecule has 1 aromatic heterocycles. The maximum atomic E-state index is 12.6. The lowest BCUT2D eigenvalue weighted by molar-refractivity contribution is -0.121. The lowest BCUT2D eigenvalue weighted by Gasteiger charge is -2.44. The van der Waals surface area contributed by atoms with Gasteiger partial charge in [0.05, 0.1) is 7.11 Å². The number of nitrogens with zero attached hydrogens (tertiary/aromatic N) is 1. The Bertz CT molecular complexity index is 966. The molecule has 162 valence electrons. The van der Waals surface area contributed by atoms with Crippen LogP contribution in [0.4, 0.5) is 0 Å². The molecule has 6 nitrogen and oxygen atoms in total. The van der Waals surface area contributed by atoms with Gasteiger partial charge in [-0.2, -0.15) is 0 Å². The Morgan fingerprint density at radius 2 is 2.03 bits per heavy atom. The second-order valence-corrected chi connectivity index (χ2v) is 8.71. The molecule has 30 heavy (non-hydrogen) atoms. The number of methoxy groups -OCH3 is 1. The highest BCUT2D eigenvalue weighted by molar-refractivity contribution is 5.83. The minimum absolute atomic E-state index is 0.0846. The van der Waals surface area contributed by atoms with E-state index in [0.717, 1.165) is 23.1 Å². The fourth-order valence-corrected chi connectivity index (χ4v) is 5.17. The molecule has 2 aromatic rings. The predicted molar refractivity (Wildman–Crippen MR) is 117 cm³/mol. The van der Waals surface area contributed by atoms with E-state index in [0.29, 0.717) is 36.1 Å². The van der Waals surface area contributed by atoms with Gasteiger partial charge < -0.3 is 19.4 Å². The molecule has 0 saturated carbocycles. The Morgan fingerprint density at radius 3 is 2.87 bits per heavy atom. The molecule has 0 unspecified atom stereocenters. The van der Waals surface area contributed by atoms with Crippen molar-refractivity contribution in [2.75, 3.05) is 26.7 Å². The number of hydrogen-bond acceptors (Lipinski definition) is 5. The maximum absolute atomic E-state index is 12.6. The lowest BCUT2D eigenvalue weighted by atomic mass is 9.83. The first-order chi connectivity index (χ1) is 14.5. The number of nitrogens with one attached hydrogen (secondary N) is 1. The molecule has 3 heterocycles. The zero-order chi connectivity index (χ0) is 21.1. The molecule has 2 atom stereocenters. The van der Waals surface area contributed by atoms with Crippen molar-refractivity contribution in [1.82, 2.24) is 10.2 Å². The number of amides is 1. The molecule has 1 amide bonds. The molecule has 2 saturated heterocycles. The smallest absolute Gasteiger partial charge is 0.336 e. The quantitative estimate of drug-likeness (QED) is 0.736. The summed E-state index contributed by atoms with van der Waals surface area (Å²) in [4.78, 5) is 26.8. The van der Waals surface area contributed by atoms with Gasteiger partial charge in [-0.1, -0.05) is 6.42 Å². The largest absolute Gasteiger partial charge is 0.496 e. The van der Waals surface area contributed by atoms with E-state index in [9.17, 15) is 9.59 Å². The first-order valence-electron chi connectivity index (χ1n) is 11.2. The minimum atomic E-state index is -0.367. The molecule has 1 aromatic carbocycles. The van der Waals surface area contributed by atoms with Gasteiger partial charge in [0.15, 0.2) is 0 Å². The van der Waals surface area contributed by atoms with Crippen molar-refractivity contribution in [3.8, 4) is 5.75 Å². The molecule has 2 aliphatic heterocycles. The standard InChI is InChI=1S/C24H32N2O4/c1-16-12-24(28)30-22-14-21(29-2)17(13-19(16)22)8-9-23(27)25-15-18-6-5-11-26-10-4-3-7-20(18)26/h12-14,18,20H,3-11,15H2,1-2H3,(H,25,27)/t18-,20-/m1/s1. The highest BCUT2D eigenvalue weighted by atomic mass is 16.5. The number of aryl methyl sites for hydroxylation is 2. The van der Waals surface area contributed by atoms with E-state index in [1.165, 1.54) is 51.3 Å². The lowest BCUT2D eigenvalue weighted by Crippen LogP contribution is -2.51. The molecule has 6 heteroatoms. The van der Waals surface area contributed by atoms with Gasteiger partial charge in [0, 0.05) is 36.5 Å². The summed E-state index contributed by atoms with van der Waals surface area (Å²) in [5.74, 6) is 1.30. The van der Waals surface area contributed by atoms with Crippen LogP contribution in [0.15, 0.2) is 27.4 Å². The number of hydrogen-bond donors (Lipinski definition) is 1. The molecule has 2 aliphatic rings. The van der Waals surface area contributed by atoms with Crippen LogP contribution in [-0.4, -0.2) is 43.6 Å². The zero-order valence-corrected chi connectivity index (χ0v) is 18.0. The van der Waals surface area contributed by atoms with Crippen molar-refractivity contribution in [3.05, 3.63) is 39.7 Å². The van der Waals surface area contributed by atoms with Crippen LogP contribution in [0.5, 0.6) is 5.75 Å². The number of fused-ring (bicyclic) bond motifs is 2. The van der Waals surface area contributed by atoms with Crippen molar-refractivity contribution < 1.29 is 13.9 Å². The van der Waals surface area contributed by atoms with Gasteiger partial charge in [-0.25, -0.2) is 4.79 Å². The minimum Gasteiger partial charge on any atom is -0.496 e. The molecule has 4 rings (SSSR count). The van der Waals surface area contributed by atoms with Gasteiger partial charge in [0.1, 0.15) is 11.3 Å². The Balaban J connectivity index is 1.37. The summed E-state index contributed by atoms with van der Waals surface area (Å²) in [7, 11) is 1.59. The Morgan fingerprint density at radius 1 is 1.20 bits per heavy atom. The average molecular weight is 413 g/mol. The number of piperidine rings is 2. The summed E-state index contributed by atoms with van der Waals surface area (Å²) in [5.41, 5.74) is 1.96. The highest BCUT2D eigenvalue weighted by Gasteiger charge is 2.32. The zero-order valence-electron chi connectivity index (χ0n) is 18.0. The van der Waals surface area contributed by atoms with Crippen molar-refractivity contribution in [2.45, 2.75) is 57.9 Å². The van der Waals surface area contributed by atoms with Crippen LogP contribution in [0, 0.1) is 12.8 Å². The summed E-state index contributed by atoms with van der Waals surface area (Å²) < 4.78 is 10.8. The van der Waals surface area contributed by atoms with E-state index in [4.69, 9.17) is 9.15 Å². The Hall–Kier alpha value is -2.34. The molecule has 0 aliphatic carbocycles. The predicted octanol–water partition coefficient (Wildman–Crippen LogP) is 3.42. The van der Waals surface area contributed by atoms with Crippen molar-refractivity contribution in [1.29, 1.82) is 0 Å². The number of rotatable bonds is 6. The first kappa shape index (κ1) is 20.9. The van der Waals surface area contributed by atoms with Gasteiger partial charge in [-0.05, 0) is 75.2 Å². The SMILES string of the molecule is COc1cc2oc(=O)cc(C)c2cc1CCC(=O)NC[C@H]1CCCN2CCCC[C@H]12. The van der Waals surface area contributed by atoms with Crippen molar-refractivity contribution in [3.63, 3.8) is 0 Å². The summed E-state index contributed by atoms with van der Waals surface area (Å²) in [6.07, 6.45) is 7.34. The number of benzene rings is 1. The molecule has 2 fully saturated rings. The summed E-state index contributed by atoms with van der Waals surface area (Å²) in [6, 6.07) is 5.85. The van der Waals surface area contributed by atoms with E-state index < -0.39 is 0 Å². The summed E-state index contributed by atoms with van der Waals surface area (Å²) in [5, 5.41) is 4.06. The monoisotopic (exact) mass is 412 g/mol. The van der Waals surface area contributed by atoms with Gasteiger partial charge in [-0.15, -0.1) is 0 Å². The van der Waals surface area contributed by atoms with Gasteiger partial charge in [-0.3, -0.25) is 4.79 Å². The van der Waals surface area contributed by atoms with Crippen LogP contribution >= 0.6 is 0 Å². The van der Waals surface area contributed by atoms with Crippen molar-refractivity contribution in [2.24, 2.45) is 5.92 Å². The van der Waals surface area contributed by atoms with Gasteiger partial charge >= 0.3 is 5.63 Å². The maximum Gasteiger partial charge on any atom is 0.336 e. The van der Waals surface area contributed by atoms with Crippen LogP contribution in [0.3, 0.4) is 0 Å². The van der Waals surface area contributed by atoms with Crippen LogP contribution in [0.1, 0.15) is 49.7 Å². The molecule has 1 N–H and O–H groups in total. The van der Waals surface area contributed by atoms with Crippen molar-refractivity contribution >= 4 is 16.9 Å². The second-order valence-electron chi connectivity index (χ2n) is 8.71. The number of ether oxygens (including phenoxy) is 1. The average Bonchev–Trinajstić information content (AvgIpc) is 2.75. The summed E-state index contributed by atoms with van der Waals surface area (Å²) >= 11 is 0. The van der Waals surface area contributed by atoms with E-state index in [1.54, 1.807) is 13.2 Å². The van der Waals surface area contributed by atoms with Crippen LogP contribution < -0.4 is 15.7 Å². The number of carbonyl (C=O) groups excluding carboxylic acids is 1. The van der Waals surface area contributed by atoms with E-state index in [1.807, 2.05) is 13.0 Å². The highest BCUT2D eigenvalue weighted by Crippen LogP contribution is 2.31. The van der Waals surface area contributed by atoms with Crippen LogP contribution in [0.25, 0.3) is 11.0 Å². The third-order valence-corrected chi connectivity index (χ3v) is 6.76. The first-order valence-corrected chi connectivity index (χ1v) is 11.2. The third kappa shape index (κ3) is 4.53. The van der Waals surface area contributed by atoms with E-state index in [2.05, 4.69) is 10.2 Å².